The van der Waals surface area contributed by atoms with Crippen LogP contribution in [-0.4, -0.2) is 55.8 Å². The minimum Gasteiger partial charge on any atom is -0.478 e. The van der Waals surface area contributed by atoms with Crippen molar-refractivity contribution in [2.24, 2.45) is 0 Å². The van der Waals surface area contributed by atoms with Gasteiger partial charge in [0, 0.05) is 0 Å². The molecule has 1 aromatic rings. The smallest absolute Gasteiger partial charge is 0.336 e. The predicted octanol–water partition coefficient (Wildman–Crippen LogP) is 0.972. The summed E-state index contributed by atoms with van der Waals surface area (Å²) < 4.78 is 0. The van der Waals surface area contributed by atoms with Gasteiger partial charge in [-0.25, -0.2) is 9.59 Å². The first kappa shape index (κ1) is 20.0. The second-order valence-corrected chi connectivity index (χ2v) is 4.60. The molecule has 0 saturated carbocycles. The van der Waals surface area contributed by atoms with E-state index in [1.807, 2.05) is 0 Å². The molecule has 7 heteroatoms. The molecule has 0 bridgehead atoms. The van der Waals surface area contributed by atoms with Crippen LogP contribution in [-0.2, 0) is 0 Å². The molecule has 0 aliphatic rings. The Labute approximate surface area is 128 Å². The summed E-state index contributed by atoms with van der Waals surface area (Å²) in [5, 5.41) is 44.2. The van der Waals surface area contributed by atoms with Gasteiger partial charge in [-0.15, -0.1) is 0 Å². The van der Waals surface area contributed by atoms with Crippen molar-refractivity contribution in [3.63, 3.8) is 0 Å². The summed E-state index contributed by atoms with van der Waals surface area (Å²) in [7, 11) is 0. The standard InChI is InChI=1S/C8H6O4.C7H16O3/c9-7(10)5-3-1-2-4-6(5)8(11)12;1-3-5(8)7(10)6(9)4-2/h1-4H,(H,9,10)(H,11,12);5-10H,3-4H2,1-2H3. The Morgan fingerprint density at radius 1 is 0.864 bits per heavy atom. The molecule has 1 aromatic carbocycles. The first-order valence-electron chi connectivity index (χ1n) is 6.85. The first-order chi connectivity index (χ1) is 10.3. The van der Waals surface area contributed by atoms with Gasteiger partial charge in [0.2, 0.25) is 0 Å². The van der Waals surface area contributed by atoms with Crippen molar-refractivity contribution >= 4 is 11.9 Å². The number of carbonyl (C=O) groups is 2. The van der Waals surface area contributed by atoms with E-state index in [0.717, 1.165) is 0 Å². The molecule has 0 aliphatic carbocycles. The van der Waals surface area contributed by atoms with Crippen LogP contribution in [0.5, 0.6) is 0 Å². The SMILES string of the molecule is CCC(O)C(O)C(O)CC.O=C(O)c1ccccc1C(=O)O. The van der Waals surface area contributed by atoms with Crippen LogP contribution in [0.15, 0.2) is 24.3 Å². The Bertz CT molecular complexity index is 444. The second-order valence-electron chi connectivity index (χ2n) is 4.60. The lowest BCUT2D eigenvalue weighted by molar-refractivity contribution is -0.0606. The number of hydrogen-bond acceptors (Lipinski definition) is 5. The number of aliphatic hydroxyl groups is 3. The molecule has 0 aromatic heterocycles. The molecule has 0 radical (unpaired) electrons. The summed E-state index contributed by atoms with van der Waals surface area (Å²) in [4.78, 5) is 20.9. The largest absolute Gasteiger partial charge is 0.478 e. The van der Waals surface area contributed by atoms with Crippen LogP contribution in [0.2, 0.25) is 0 Å². The van der Waals surface area contributed by atoms with Crippen molar-refractivity contribution in [1.29, 1.82) is 0 Å². The zero-order chi connectivity index (χ0) is 17.3. The van der Waals surface area contributed by atoms with Gasteiger partial charge in [0.1, 0.15) is 6.10 Å². The fraction of sp³-hybridized carbons (Fsp3) is 0.467. The zero-order valence-corrected chi connectivity index (χ0v) is 12.5. The molecule has 0 aliphatic heterocycles. The third-order valence-corrected chi connectivity index (χ3v) is 3.01. The summed E-state index contributed by atoms with van der Waals surface area (Å²) in [6.45, 7) is 3.52. The highest BCUT2D eigenvalue weighted by Crippen LogP contribution is 2.08. The van der Waals surface area contributed by atoms with E-state index in [1.54, 1.807) is 13.8 Å². The third kappa shape index (κ3) is 6.21. The number of carboxylic acid groups (broad SMARTS) is 2. The van der Waals surface area contributed by atoms with Crippen molar-refractivity contribution in [3.8, 4) is 0 Å². The Morgan fingerprint density at radius 2 is 1.18 bits per heavy atom. The number of carboxylic acids is 2. The summed E-state index contributed by atoms with van der Waals surface area (Å²) in [6, 6.07) is 5.48. The molecule has 1 rings (SSSR count). The molecular weight excluding hydrogens is 292 g/mol. The predicted molar refractivity (Wildman–Crippen MR) is 79.0 cm³/mol. The lowest BCUT2D eigenvalue weighted by atomic mass is 10.0. The summed E-state index contributed by atoms with van der Waals surface area (Å²) >= 11 is 0. The van der Waals surface area contributed by atoms with Gasteiger partial charge in [-0.1, -0.05) is 26.0 Å². The van der Waals surface area contributed by atoms with Gasteiger partial charge in [-0.3, -0.25) is 0 Å². The molecular formula is C15H22O7. The molecule has 22 heavy (non-hydrogen) atoms. The summed E-state index contributed by atoms with van der Waals surface area (Å²) in [5.74, 6) is -2.46. The van der Waals surface area contributed by atoms with Crippen LogP contribution in [0, 0.1) is 0 Å². The van der Waals surface area contributed by atoms with Crippen molar-refractivity contribution in [3.05, 3.63) is 35.4 Å². The molecule has 5 N–H and O–H groups in total. The fourth-order valence-corrected chi connectivity index (χ4v) is 1.60. The van der Waals surface area contributed by atoms with Gasteiger partial charge < -0.3 is 25.5 Å². The molecule has 124 valence electrons. The summed E-state index contributed by atoms with van der Waals surface area (Å²) in [5.41, 5.74) is -0.380. The van der Waals surface area contributed by atoms with Crippen LogP contribution in [0.25, 0.3) is 0 Å². The van der Waals surface area contributed by atoms with Gasteiger partial charge in [-0.2, -0.15) is 0 Å². The van der Waals surface area contributed by atoms with Gasteiger partial charge >= 0.3 is 11.9 Å². The second kappa shape index (κ2) is 9.88. The maximum atomic E-state index is 10.5. The Kier molecular flexibility index (Phi) is 9.00. The molecule has 0 amide bonds. The van der Waals surface area contributed by atoms with Crippen molar-refractivity contribution in [1.82, 2.24) is 0 Å². The average molecular weight is 314 g/mol. The molecule has 2 unspecified atom stereocenters. The van der Waals surface area contributed by atoms with Crippen LogP contribution in [0.4, 0.5) is 0 Å². The zero-order valence-electron chi connectivity index (χ0n) is 12.5. The minimum absolute atomic E-state index is 0.190. The lowest BCUT2D eigenvalue weighted by Gasteiger charge is -2.20. The van der Waals surface area contributed by atoms with E-state index in [1.165, 1.54) is 24.3 Å². The highest BCUT2D eigenvalue weighted by molar-refractivity contribution is 6.01. The van der Waals surface area contributed by atoms with Crippen molar-refractivity contribution in [2.75, 3.05) is 0 Å². The number of hydrogen-bond donors (Lipinski definition) is 5. The van der Waals surface area contributed by atoms with Crippen molar-refractivity contribution in [2.45, 2.75) is 45.0 Å². The molecule has 7 nitrogen and oxygen atoms in total. The van der Waals surface area contributed by atoms with E-state index < -0.39 is 30.3 Å². The van der Waals surface area contributed by atoms with E-state index >= 15 is 0 Å². The monoisotopic (exact) mass is 314 g/mol. The normalized spacial score (nSPS) is 14.2. The van der Waals surface area contributed by atoms with E-state index in [4.69, 9.17) is 25.5 Å². The Balaban J connectivity index is 0.000000409. The molecule has 0 saturated heterocycles. The van der Waals surface area contributed by atoms with Crippen LogP contribution in [0.1, 0.15) is 47.4 Å². The van der Waals surface area contributed by atoms with Gasteiger partial charge in [0.15, 0.2) is 0 Å². The van der Waals surface area contributed by atoms with Gasteiger partial charge in [0.25, 0.3) is 0 Å². The lowest BCUT2D eigenvalue weighted by Crippen LogP contribution is -2.36. The number of benzene rings is 1. The van der Waals surface area contributed by atoms with Crippen molar-refractivity contribution < 1.29 is 35.1 Å². The van der Waals surface area contributed by atoms with Crippen LogP contribution < -0.4 is 0 Å². The number of aliphatic hydroxyl groups excluding tert-OH is 3. The van der Waals surface area contributed by atoms with Gasteiger partial charge in [-0.05, 0) is 25.0 Å². The molecule has 0 fully saturated rings. The molecule has 0 heterocycles. The highest BCUT2D eigenvalue weighted by Gasteiger charge is 2.21. The fourth-order valence-electron chi connectivity index (χ4n) is 1.60. The Morgan fingerprint density at radius 3 is 1.41 bits per heavy atom. The average Bonchev–Trinajstić information content (AvgIpc) is 2.52. The van der Waals surface area contributed by atoms with E-state index in [-0.39, 0.29) is 11.1 Å². The Hall–Kier alpha value is -1.96. The molecule has 2 atom stereocenters. The van der Waals surface area contributed by atoms with E-state index in [9.17, 15) is 9.59 Å². The maximum absolute atomic E-state index is 10.5. The van der Waals surface area contributed by atoms with E-state index in [0.29, 0.717) is 12.8 Å². The summed E-state index contributed by atoms with van der Waals surface area (Å²) in [6.07, 6.45) is -1.64. The molecule has 0 spiro atoms. The maximum Gasteiger partial charge on any atom is 0.336 e. The number of aromatic carboxylic acids is 2. The van der Waals surface area contributed by atoms with Crippen LogP contribution in [0.3, 0.4) is 0 Å². The quantitative estimate of drug-likeness (QED) is 0.528. The number of rotatable bonds is 6. The topological polar surface area (TPSA) is 135 Å². The van der Waals surface area contributed by atoms with Crippen LogP contribution >= 0.6 is 0 Å². The van der Waals surface area contributed by atoms with Gasteiger partial charge in [0.05, 0.1) is 23.3 Å². The highest BCUT2D eigenvalue weighted by atomic mass is 16.4. The van der Waals surface area contributed by atoms with E-state index in [2.05, 4.69) is 0 Å². The first-order valence-corrected chi connectivity index (χ1v) is 6.85. The minimum atomic E-state index is -1.23. The third-order valence-electron chi connectivity index (χ3n) is 3.01.